The van der Waals surface area contributed by atoms with Crippen LogP contribution < -0.4 is 10.6 Å². The van der Waals surface area contributed by atoms with Gasteiger partial charge in [-0.3, -0.25) is 4.79 Å². The predicted molar refractivity (Wildman–Crippen MR) is 67.7 cm³/mol. The van der Waals surface area contributed by atoms with Crippen LogP contribution in [0.4, 0.5) is 4.39 Å². The predicted octanol–water partition coefficient (Wildman–Crippen LogP) is 0.518. The summed E-state index contributed by atoms with van der Waals surface area (Å²) in [5.41, 5.74) is 0.839. The molecular weight excluding hydrogens is 233 g/mol. The molecular formula is C13H18FN3O. The highest BCUT2D eigenvalue weighted by molar-refractivity contribution is 5.79. The molecule has 2 rings (SSSR count). The fourth-order valence-electron chi connectivity index (χ4n) is 2.27. The lowest BCUT2D eigenvalue weighted by atomic mass is 10.0. The molecule has 2 N–H and O–H groups in total. The van der Waals surface area contributed by atoms with Crippen molar-refractivity contribution in [3.63, 3.8) is 0 Å². The second-order valence-corrected chi connectivity index (χ2v) is 4.39. The molecule has 4 nitrogen and oxygen atoms in total. The molecule has 0 radical (unpaired) electrons. The maximum Gasteiger partial charge on any atom is 0.237 e. The molecule has 1 aliphatic heterocycles. The van der Waals surface area contributed by atoms with Crippen LogP contribution in [0.3, 0.4) is 0 Å². The van der Waals surface area contributed by atoms with E-state index in [1.165, 1.54) is 12.1 Å². The molecule has 1 aromatic rings. The van der Waals surface area contributed by atoms with Gasteiger partial charge in [0, 0.05) is 19.6 Å². The van der Waals surface area contributed by atoms with Gasteiger partial charge in [0.25, 0.3) is 0 Å². The second kappa shape index (κ2) is 5.93. The van der Waals surface area contributed by atoms with E-state index in [-0.39, 0.29) is 17.8 Å². The molecule has 1 atom stereocenters. The Morgan fingerprint density at radius 2 is 2.44 bits per heavy atom. The topological polar surface area (TPSA) is 44.4 Å². The number of hydrogen-bond donors (Lipinski definition) is 2. The minimum absolute atomic E-state index is 0.0493. The van der Waals surface area contributed by atoms with Crippen molar-refractivity contribution in [2.45, 2.75) is 6.04 Å². The minimum atomic E-state index is -0.265. The third kappa shape index (κ3) is 2.86. The molecule has 1 unspecified atom stereocenters. The molecule has 1 aromatic carbocycles. The second-order valence-electron chi connectivity index (χ2n) is 4.39. The maximum atomic E-state index is 13.3. The molecule has 0 aromatic heterocycles. The highest BCUT2D eigenvalue weighted by atomic mass is 19.1. The van der Waals surface area contributed by atoms with Crippen LogP contribution in [0.15, 0.2) is 24.3 Å². The quantitative estimate of drug-likeness (QED) is 0.823. The van der Waals surface area contributed by atoms with E-state index in [0.717, 1.165) is 12.1 Å². The first-order valence-electron chi connectivity index (χ1n) is 6.12. The van der Waals surface area contributed by atoms with Gasteiger partial charge in [0.2, 0.25) is 5.91 Å². The number of carbonyl (C=O) groups is 1. The summed E-state index contributed by atoms with van der Waals surface area (Å²) in [6, 6.07) is 6.37. The van der Waals surface area contributed by atoms with Gasteiger partial charge in [-0.05, 0) is 24.7 Å². The Balaban J connectivity index is 2.20. The number of piperazine rings is 1. The molecule has 1 fully saturated rings. The number of likely N-dealkylation sites (N-methyl/N-ethyl adjacent to an activating group) is 1. The van der Waals surface area contributed by atoms with Crippen LogP contribution in [0.2, 0.25) is 0 Å². The summed E-state index contributed by atoms with van der Waals surface area (Å²) in [4.78, 5) is 13.8. The number of halogens is 1. The van der Waals surface area contributed by atoms with Crippen molar-refractivity contribution < 1.29 is 9.18 Å². The van der Waals surface area contributed by atoms with Gasteiger partial charge in [0.1, 0.15) is 5.82 Å². The summed E-state index contributed by atoms with van der Waals surface area (Å²) in [6.07, 6.45) is 0. The van der Waals surface area contributed by atoms with Gasteiger partial charge >= 0.3 is 0 Å². The van der Waals surface area contributed by atoms with Crippen LogP contribution in [-0.4, -0.2) is 44.0 Å². The van der Waals surface area contributed by atoms with E-state index in [1.807, 2.05) is 11.0 Å². The standard InChI is InChI=1S/C13H18FN3O/c1-15-9-13(18)17-6-5-16-8-12(17)10-3-2-4-11(14)7-10/h2-4,7,12,15-16H,5-6,8-9H2,1H3. The highest BCUT2D eigenvalue weighted by Crippen LogP contribution is 2.22. The average molecular weight is 251 g/mol. The summed E-state index contributed by atoms with van der Waals surface area (Å²) < 4.78 is 13.3. The lowest BCUT2D eigenvalue weighted by Gasteiger charge is -2.36. The minimum Gasteiger partial charge on any atom is -0.332 e. The summed E-state index contributed by atoms with van der Waals surface area (Å²) in [6.45, 7) is 2.41. The summed E-state index contributed by atoms with van der Waals surface area (Å²) in [5, 5.41) is 6.11. The van der Waals surface area contributed by atoms with Gasteiger partial charge in [0.05, 0.1) is 12.6 Å². The Kier molecular flexibility index (Phi) is 4.28. The van der Waals surface area contributed by atoms with E-state index in [4.69, 9.17) is 0 Å². The highest BCUT2D eigenvalue weighted by Gasteiger charge is 2.27. The van der Waals surface area contributed by atoms with E-state index in [0.29, 0.717) is 19.6 Å². The Morgan fingerprint density at radius 1 is 1.61 bits per heavy atom. The molecule has 0 aliphatic carbocycles. The van der Waals surface area contributed by atoms with Crippen molar-refractivity contribution in [1.82, 2.24) is 15.5 Å². The number of nitrogens with zero attached hydrogens (tertiary/aromatic N) is 1. The molecule has 1 amide bonds. The van der Waals surface area contributed by atoms with Crippen LogP contribution in [0.25, 0.3) is 0 Å². The summed E-state index contributed by atoms with van der Waals surface area (Å²) >= 11 is 0. The van der Waals surface area contributed by atoms with Crippen molar-refractivity contribution in [2.24, 2.45) is 0 Å². The third-order valence-electron chi connectivity index (χ3n) is 3.13. The van der Waals surface area contributed by atoms with Crippen LogP contribution in [0.5, 0.6) is 0 Å². The Hall–Kier alpha value is -1.46. The smallest absolute Gasteiger partial charge is 0.237 e. The van der Waals surface area contributed by atoms with Crippen molar-refractivity contribution in [1.29, 1.82) is 0 Å². The normalized spacial score (nSPS) is 19.9. The average Bonchev–Trinajstić information content (AvgIpc) is 2.39. The summed E-state index contributed by atoms with van der Waals surface area (Å²) in [5.74, 6) is -0.215. The fraction of sp³-hybridized carbons (Fsp3) is 0.462. The Labute approximate surface area is 106 Å². The molecule has 0 spiro atoms. The first-order chi connectivity index (χ1) is 8.72. The lowest BCUT2D eigenvalue weighted by Crippen LogP contribution is -2.50. The van der Waals surface area contributed by atoms with E-state index >= 15 is 0 Å². The lowest BCUT2D eigenvalue weighted by molar-refractivity contribution is -0.133. The van der Waals surface area contributed by atoms with Gasteiger partial charge < -0.3 is 15.5 Å². The number of rotatable bonds is 3. The molecule has 0 bridgehead atoms. The van der Waals surface area contributed by atoms with E-state index < -0.39 is 0 Å². The van der Waals surface area contributed by atoms with Crippen LogP contribution in [-0.2, 0) is 4.79 Å². The van der Waals surface area contributed by atoms with Crippen molar-refractivity contribution in [3.05, 3.63) is 35.6 Å². The number of hydrogen-bond acceptors (Lipinski definition) is 3. The first-order valence-corrected chi connectivity index (χ1v) is 6.12. The van der Waals surface area contributed by atoms with Crippen molar-refractivity contribution in [2.75, 3.05) is 33.2 Å². The number of nitrogens with one attached hydrogen (secondary N) is 2. The SMILES string of the molecule is CNCC(=O)N1CCNCC1c1cccc(F)c1. The largest absolute Gasteiger partial charge is 0.332 e. The zero-order valence-electron chi connectivity index (χ0n) is 10.4. The van der Waals surface area contributed by atoms with Crippen molar-refractivity contribution in [3.8, 4) is 0 Å². The Bertz CT molecular complexity index is 424. The molecule has 1 aliphatic rings. The molecule has 1 heterocycles. The first kappa shape index (κ1) is 13.0. The van der Waals surface area contributed by atoms with E-state index in [1.54, 1.807) is 13.1 Å². The molecule has 1 saturated heterocycles. The molecule has 5 heteroatoms. The van der Waals surface area contributed by atoms with E-state index in [9.17, 15) is 9.18 Å². The molecule has 18 heavy (non-hydrogen) atoms. The van der Waals surface area contributed by atoms with Crippen molar-refractivity contribution >= 4 is 5.91 Å². The number of benzene rings is 1. The zero-order valence-corrected chi connectivity index (χ0v) is 10.4. The molecule has 98 valence electrons. The third-order valence-corrected chi connectivity index (χ3v) is 3.13. The van der Waals surface area contributed by atoms with E-state index in [2.05, 4.69) is 10.6 Å². The zero-order chi connectivity index (χ0) is 13.0. The van der Waals surface area contributed by atoms with Gasteiger partial charge in [-0.15, -0.1) is 0 Å². The van der Waals surface area contributed by atoms with Gasteiger partial charge in [0.15, 0.2) is 0 Å². The maximum absolute atomic E-state index is 13.3. The molecule has 0 saturated carbocycles. The fourth-order valence-corrected chi connectivity index (χ4v) is 2.27. The Morgan fingerprint density at radius 3 is 3.17 bits per heavy atom. The monoisotopic (exact) mass is 251 g/mol. The number of carbonyl (C=O) groups excluding carboxylic acids is 1. The van der Waals surface area contributed by atoms with Crippen LogP contribution in [0.1, 0.15) is 11.6 Å². The van der Waals surface area contributed by atoms with Gasteiger partial charge in [-0.25, -0.2) is 4.39 Å². The van der Waals surface area contributed by atoms with Gasteiger partial charge in [-0.1, -0.05) is 12.1 Å². The van der Waals surface area contributed by atoms with Crippen LogP contribution in [0, 0.1) is 5.82 Å². The van der Waals surface area contributed by atoms with Gasteiger partial charge in [-0.2, -0.15) is 0 Å². The number of amides is 1. The summed E-state index contributed by atoms with van der Waals surface area (Å²) in [7, 11) is 1.75. The van der Waals surface area contributed by atoms with Crippen LogP contribution >= 0.6 is 0 Å².